The lowest BCUT2D eigenvalue weighted by atomic mass is 9.98. The number of carbonyl (C=O) groups is 3. The van der Waals surface area contributed by atoms with Crippen LogP contribution in [0.3, 0.4) is 0 Å². The Morgan fingerprint density at radius 3 is 2.09 bits per heavy atom. The van der Waals surface area contributed by atoms with Gasteiger partial charge in [-0.15, -0.1) is 0 Å². The fourth-order valence-corrected chi connectivity index (χ4v) is 3.80. The van der Waals surface area contributed by atoms with Crippen molar-refractivity contribution in [3.05, 3.63) is 59.7 Å². The van der Waals surface area contributed by atoms with Crippen LogP contribution in [0.5, 0.6) is 0 Å². The highest BCUT2D eigenvalue weighted by Crippen LogP contribution is 2.44. The highest BCUT2D eigenvalue weighted by molar-refractivity contribution is 5.85. The molecule has 0 heterocycles. The Hall–Kier alpha value is -3.39. The summed E-state index contributed by atoms with van der Waals surface area (Å²) < 4.78 is 10.9. The number of carboxylic acid groups (broad SMARTS) is 1. The molecular formula is C26H32N2O6. The summed E-state index contributed by atoms with van der Waals surface area (Å²) in [5.41, 5.74) is 3.97. The predicted octanol–water partition coefficient (Wildman–Crippen LogP) is 3.55. The Labute approximate surface area is 199 Å². The maximum Gasteiger partial charge on any atom is 0.407 e. The van der Waals surface area contributed by atoms with Crippen molar-refractivity contribution in [2.24, 2.45) is 5.92 Å². The van der Waals surface area contributed by atoms with E-state index >= 15 is 0 Å². The number of ether oxygens (including phenoxy) is 2. The topological polar surface area (TPSA) is 114 Å². The SMILES string of the molecule is CC(CNC(=O)OCC1c2ccccc2-c2ccccc21)C(=O)N[C@@H](COC(C)(C)C)C(=O)O. The smallest absolute Gasteiger partial charge is 0.407 e. The number of aliphatic carboxylic acids is 1. The largest absolute Gasteiger partial charge is 0.480 e. The van der Waals surface area contributed by atoms with E-state index in [-0.39, 0.29) is 25.7 Å². The number of nitrogens with one attached hydrogen (secondary N) is 2. The molecule has 0 saturated carbocycles. The van der Waals surface area contributed by atoms with E-state index in [1.165, 1.54) is 0 Å². The summed E-state index contributed by atoms with van der Waals surface area (Å²) in [6.07, 6.45) is -0.632. The Morgan fingerprint density at radius 1 is 1.00 bits per heavy atom. The van der Waals surface area contributed by atoms with Gasteiger partial charge in [-0.25, -0.2) is 9.59 Å². The summed E-state index contributed by atoms with van der Waals surface area (Å²) in [5.74, 6) is -2.40. The number of carbonyl (C=O) groups excluding carboxylic acids is 2. The number of carboxylic acids is 1. The van der Waals surface area contributed by atoms with E-state index in [0.29, 0.717) is 0 Å². The zero-order chi connectivity index (χ0) is 24.9. The zero-order valence-electron chi connectivity index (χ0n) is 20.0. The minimum atomic E-state index is -1.19. The zero-order valence-corrected chi connectivity index (χ0v) is 20.0. The fraction of sp³-hybridized carbons (Fsp3) is 0.423. The molecule has 8 heteroatoms. The molecule has 1 aliphatic rings. The maximum absolute atomic E-state index is 12.4. The van der Waals surface area contributed by atoms with Crippen molar-refractivity contribution >= 4 is 18.0 Å². The van der Waals surface area contributed by atoms with E-state index in [2.05, 4.69) is 22.8 Å². The molecule has 0 radical (unpaired) electrons. The summed E-state index contributed by atoms with van der Waals surface area (Å²) in [4.78, 5) is 36.2. The van der Waals surface area contributed by atoms with Gasteiger partial charge < -0.3 is 25.2 Å². The maximum atomic E-state index is 12.4. The monoisotopic (exact) mass is 468 g/mol. The fourth-order valence-electron chi connectivity index (χ4n) is 3.80. The lowest BCUT2D eigenvalue weighted by Crippen LogP contribution is -2.48. The Balaban J connectivity index is 1.49. The number of hydrogen-bond acceptors (Lipinski definition) is 5. The van der Waals surface area contributed by atoms with Gasteiger partial charge in [-0.3, -0.25) is 4.79 Å². The predicted molar refractivity (Wildman–Crippen MR) is 128 cm³/mol. The third kappa shape index (κ3) is 6.35. The number of alkyl carbamates (subject to hydrolysis) is 1. The average Bonchev–Trinajstić information content (AvgIpc) is 3.11. The molecule has 1 aliphatic carbocycles. The number of benzene rings is 2. The van der Waals surface area contributed by atoms with Crippen LogP contribution in [-0.4, -0.2) is 54.5 Å². The van der Waals surface area contributed by atoms with Gasteiger partial charge in [-0.2, -0.15) is 0 Å². The van der Waals surface area contributed by atoms with Crippen molar-refractivity contribution in [3.63, 3.8) is 0 Å². The molecule has 2 aromatic rings. The van der Waals surface area contributed by atoms with E-state index in [1.54, 1.807) is 27.7 Å². The highest BCUT2D eigenvalue weighted by Gasteiger charge is 2.29. The van der Waals surface area contributed by atoms with Crippen molar-refractivity contribution in [1.82, 2.24) is 10.6 Å². The minimum Gasteiger partial charge on any atom is -0.480 e. The molecule has 34 heavy (non-hydrogen) atoms. The molecule has 0 saturated heterocycles. The van der Waals surface area contributed by atoms with Crippen molar-refractivity contribution < 1.29 is 29.0 Å². The van der Waals surface area contributed by atoms with E-state index in [0.717, 1.165) is 22.3 Å². The summed E-state index contributed by atoms with van der Waals surface area (Å²) in [7, 11) is 0. The quantitative estimate of drug-likeness (QED) is 0.519. The summed E-state index contributed by atoms with van der Waals surface area (Å²) in [6, 6.07) is 14.9. The second kappa shape index (κ2) is 10.7. The molecule has 8 nitrogen and oxygen atoms in total. The van der Waals surface area contributed by atoms with Gasteiger partial charge in [0.2, 0.25) is 5.91 Å². The van der Waals surface area contributed by atoms with Crippen LogP contribution in [-0.2, 0) is 19.1 Å². The van der Waals surface area contributed by atoms with E-state index in [1.807, 2.05) is 36.4 Å². The summed E-state index contributed by atoms with van der Waals surface area (Å²) in [6.45, 7) is 7.03. The molecule has 182 valence electrons. The molecule has 2 atom stereocenters. The van der Waals surface area contributed by atoms with Gasteiger partial charge in [0.15, 0.2) is 6.04 Å². The third-order valence-corrected chi connectivity index (χ3v) is 5.64. The molecular weight excluding hydrogens is 436 g/mol. The van der Waals surface area contributed by atoms with E-state index < -0.39 is 35.5 Å². The Morgan fingerprint density at radius 2 is 1.56 bits per heavy atom. The number of rotatable bonds is 9. The summed E-state index contributed by atoms with van der Waals surface area (Å²) >= 11 is 0. The van der Waals surface area contributed by atoms with Crippen molar-refractivity contribution in [2.75, 3.05) is 19.8 Å². The van der Waals surface area contributed by atoms with Crippen LogP contribution in [0, 0.1) is 5.92 Å². The van der Waals surface area contributed by atoms with Crippen LogP contribution < -0.4 is 10.6 Å². The molecule has 0 aromatic heterocycles. The Kier molecular flexibility index (Phi) is 7.94. The number of amides is 2. The molecule has 0 aliphatic heterocycles. The third-order valence-electron chi connectivity index (χ3n) is 5.64. The van der Waals surface area contributed by atoms with Crippen molar-refractivity contribution in [2.45, 2.75) is 45.3 Å². The molecule has 3 rings (SSSR count). The van der Waals surface area contributed by atoms with Crippen molar-refractivity contribution in [1.29, 1.82) is 0 Å². The second-order valence-corrected chi connectivity index (χ2v) is 9.43. The second-order valence-electron chi connectivity index (χ2n) is 9.43. The van der Waals surface area contributed by atoms with Crippen molar-refractivity contribution in [3.8, 4) is 11.1 Å². The van der Waals surface area contributed by atoms with E-state index in [4.69, 9.17) is 9.47 Å². The van der Waals surface area contributed by atoms with Gasteiger partial charge in [-0.1, -0.05) is 55.5 Å². The molecule has 0 bridgehead atoms. The van der Waals surface area contributed by atoms with Crippen LogP contribution in [0.25, 0.3) is 11.1 Å². The number of fused-ring (bicyclic) bond motifs is 3. The van der Waals surface area contributed by atoms with Gasteiger partial charge in [0, 0.05) is 12.5 Å². The lowest BCUT2D eigenvalue weighted by Gasteiger charge is -2.24. The van der Waals surface area contributed by atoms with Gasteiger partial charge in [0.25, 0.3) is 0 Å². The minimum absolute atomic E-state index is 0.00890. The van der Waals surface area contributed by atoms with Gasteiger partial charge in [-0.05, 0) is 43.0 Å². The molecule has 0 fully saturated rings. The standard InChI is InChI=1S/C26H32N2O6/c1-16(23(29)28-22(24(30)31)15-34-26(2,3)4)13-27-25(32)33-14-21-19-11-7-5-9-17(19)18-10-6-8-12-20(18)21/h5-12,16,21-22H,13-15H2,1-4H3,(H,27,32)(H,28,29)(H,30,31)/t16?,22-/m0/s1. The first-order valence-corrected chi connectivity index (χ1v) is 11.3. The normalized spacial score (nSPS) is 14.5. The van der Waals surface area contributed by atoms with Crippen LogP contribution in [0.15, 0.2) is 48.5 Å². The molecule has 0 spiro atoms. The molecule has 3 N–H and O–H groups in total. The molecule has 2 amide bonds. The van der Waals surface area contributed by atoms with Gasteiger partial charge in [0.1, 0.15) is 6.61 Å². The first kappa shape index (κ1) is 25.2. The first-order chi connectivity index (χ1) is 16.1. The lowest BCUT2D eigenvalue weighted by molar-refractivity contribution is -0.145. The van der Waals surface area contributed by atoms with Gasteiger partial charge >= 0.3 is 12.1 Å². The van der Waals surface area contributed by atoms with E-state index in [9.17, 15) is 19.5 Å². The van der Waals surface area contributed by atoms with Gasteiger partial charge in [0.05, 0.1) is 18.1 Å². The van der Waals surface area contributed by atoms with Crippen LogP contribution >= 0.6 is 0 Å². The van der Waals surface area contributed by atoms with Crippen LogP contribution in [0.4, 0.5) is 4.79 Å². The number of hydrogen-bond donors (Lipinski definition) is 3. The Bertz CT molecular complexity index is 1000. The molecule has 2 aromatic carbocycles. The highest BCUT2D eigenvalue weighted by atomic mass is 16.5. The summed E-state index contributed by atoms with van der Waals surface area (Å²) in [5, 5.41) is 14.4. The first-order valence-electron chi connectivity index (χ1n) is 11.3. The van der Waals surface area contributed by atoms with Crippen LogP contribution in [0.1, 0.15) is 44.7 Å². The molecule has 1 unspecified atom stereocenters. The van der Waals surface area contributed by atoms with Crippen LogP contribution in [0.2, 0.25) is 0 Å². The average molecular weight is 469 g/mol.